The number of nitrogens with zero attached hydrogens (tertiary/aromatic N) is 5. The van der Waals surface area contributed by atoms with E-state index >= 15 is 0 Å². The molecule has 0 N–H and O–H groups in total. The second-order valence-corrected chi connectivity index (χ2v) is 6.86. The van der Waals surface area contributed by atoms with Crippen molar-refractivity contribution in [2.75, 3.05) is 0 Å². The maximum atomic E-state index is 14.6. The third kappa shape index (κ3) is 4.06. The predicted molar refractivity (Wildman–Crippen MR) is 109 cm³/mol. The van der Waals surface area contributed by atoms with Gasteiger partial charge in [-0.05, 0) is 24.3 Å². The first-order chi connectivity index (χ1) is 15.4. The lowest BCUT2D eigenvalue weighted by Crippen LogP contribution is -2.24. The minimum Gasteiger partial charge on any atom is -0.454 e. The first-order valence-electron chi connectivity index (χ1n) is 8.95. The van der Waals surface area contributed by atoms with Crippen LogP contribution < -0.4 is 10.4 Å². The molecule has 0 aliphatic heterocycles. The summed E-state index contributed by atoms with van der Waals surface area (Å²) in [6.45, 7) is 6.60. The lowest BCUT2D eigenvalue weighted by molar-refractivity contribution is 0.442. The van der Waals surface area contributed by atoms with E-state index in [9.17, 15) is 18.0 Å². The van der Waals surface area contributed by atoms with Crippen LogP contribution in [-0.2, 0) is 6.54 Å². The molecule has 0 radical (unpaired) electrons. The van der Waals surface area contributed by atoms with Crippen LogP contribution in [0.3, 0.4) is 0 Å². The molecule has 4 aromatic rings. The van der Waals surface area contributed by atoms with Gasteiger partial charge in [-0.1, -0.05) is 24.2 Å². The first-order valence-corrected chi connectivity index (χ1v) is 9.33. The summed E-state index contributed by atoms with van der Waals surface area (Å²) in [7, 11) is 0. The fraction of sp³-hybridized carbons (Fsp3) is 0.0476. The van der Waals surface area contributed by atoms with Gasteiger partial charge in [0.25, 0.3) is 5.82 Å². The second kappa shape index (κ2) is 8.56. The molecule has 4 rings (SSSR count). The van der Waals surface area contributed by atoms with Crippen molar-refractivity contribution in [2.24, 2.45) is 0 Å². The Morgan fingerprint density at radius 1 is 1.06 bits per heavy atom. The van der Waals surface area contributed by atoms with Gasteiger partial charge in [0.1, 0.15) is 34.9 Å². The number of benzene rings is 2. The highest BCUT2D eigenvalue weighted by Gasteiger charge is 2.16. The zero-order valence-electron chi connectivity index (χ0n) is 16.0. The third-order valence-electron chi connectivity index (χ3n) is 4.42. The van der Waals surface area contributed by atoms with Crippen LogP contribution in [-0.4, -0.2) is 19.3 Å². The van der Waals surface area contributed by atoms with Gasteiger partial charge in [-0.15, -0.1) is 4.98 Å². The van der Waals surface area contributed by atoms with E-state index in [1.165, 1.54) is 30.5 Å². The zero-order chi connectivity index (χ0) is 22.8. The predicted octanol–water partition coefficient (Wildman–Crippen LogP) is 4.89. The lowest BCUT2D eigenvalue weighted by Gasteiger charge is -2.09. The summed E-state index contributed by atoms with van der Waals surface area (Å²) >= 11 is 5.97. The average molecular weight is 458 g/mol. The molecule has 2 heterocycles. The van der Waals surface area contributed by atoms with Crippen molar-refractivity contribution >= 4 is 17.4 Å². The lowest BCUT2D eigenvalue weighted by atomic mass is 10.2. The van der Waals surface area contributed by atoms with Crippen LogP contribution in [0.2, 0.25) is 5.02 Å². The molecule has 0 saturated heterocycles. The number of halogens is 4. The zero-order valence-corrected chi connectivity index (χ0v) is 16.7. The molecule has 0 aliphatic carbocycles. The Labute approximate surface area is 183 Å². The minimum absolute atomic E-state index is 0.0183. The Morgan fingerprint density at radius 3 is 2.50 bits per heavy atom. The van der Waals surface area contributed by atoms with Gasteiger partial charge < -0.3 is 9.58 Å². The quantitative estimate of drug-likeness (QED) is 0.400. The monoisotopic (exact) mass is 457 g/mol. The number of pyridine rings is 1. The molecule has 2 aromatic heterocycles. The molecule has 0 fully saturated rings. The second-order valence-electron chi connectivity index (χ2n) is 6.45. The van der Waals surface area contributed by atoms with Gasteiger partial charge >= 0.3 is 5.69 Å². The van der Waals surface area contributed by atoms with Crippen LogP contribution in [0.1, 0.15) is 5.56 Å². The molecule has 0 amide bonds. The summed E-state index contributed by atoms with van der Waals surface area (Å²) in [6.07, 6.45) is 2.31. The van der Waals surface area contributed by atoms with Gasteiger partial charge in [0.2, 0.25) is 0 Å². The minimum atomic E-state index is -0.832. The highest BCUT2D eigenvalue weighted by molar-refractivity contribution is 6.32. The Hall–Kier alpha value is -4.10. The Morgan fingerprint density at radius 2 is 1.81 bits per heavy atom. The molecule has 0 atom stereocenters. The van der Waals surface area contributed by atoms with Gasteiger partial charge in [-0.2, -0.15) is 9.78 Å². The third-order valence-corrected chi connectivity index (χ3v) is 4.71. The fourth-order valence-corrected chi connectivity index (χ4v) is 2.99. The molecule has 2 aromatic carbocycles. The van der Waals surface area contributed by atoms with Crippen molar-refractivity contribution < 1.29 is 17.9 Å². The van der Waals surface area contributed by atoms with Crippen LogP contribution in [0.15, 0.2) is 59.8 Å². The molecular formula is C21H11ClF3N5O2. The average Bonchev–Trinajstić information content (AvgIpc) is 3.14. The summed E-state index contributed by atoms with van der Waals surface area (Å²) in [5, 5.41) is 3.97. The standard InChI is InChI=1S/C21H11ClF3N5O2/c1-26-20-8-19(14(22)9-27-20)32-18-6-5-12(7-17(18)25)30-21(31)29(11-28-30)10-13-15(23)3-2-4-16(13)24/h2-9,11H,10H2. The summed E-state index contributed by atoms with van der Waals surface area (Å²) in [6, 6.07) is 8.26. The number of rotatable bonds is 5. The van der Waals surface area contributed by atoms with Crippen molar-refractivity contribution in [1.29, 1.82) is 0 Å². The van der Waals surface area contributed by atoms with Crippen molar-refractivity contribution in [1.82, 2.24) is 19.3 Å². The first kappa shape index (κ1) is 21.1. The maximum Gasteiger partial charge on any atom is 0.350 e. The van der Waals surface area contributed by atoms with Gasteiger partial charge in [0.15, 0.2) is 11.6 Å². The van der Waals surface area contributed by atoms with E-state index in [0.717, 1.165) is 33.8 Å². The van der Waals surface area contributed by atoms with Crippen LogP contribution in [0.4, 0.5) is 19.0 Å². The van der Waals surface area contributed by atoms with E-state index in [0.29, 0.717) is 0 Å². The summed E-state index contributed by atoms with van der Waals surface area (Å²) in [4.78, 5) is 19.5. The van der Waals surface area contributed by atoms with E-state index in [4.69, 9.17) is 22.9 Å². The number of hydrogen-bond acceptors (Lipinski definition) is 4. The van der Waals surface area contributed by atoms with Gasteiger partial charge in [0, 0.05) is 17.7 Å². The summed E-state index contributed by atoms with van der Waals surface area (Å²) < 4.78 is 49.7. The summed E-state index contributed by atoms with van der Waals surface area (Å²) in [5.74, 6) is -2.58. The molecule has 0 spiro atoms. The molecule has 0 saturated carbocycles. The van der Waals surface area contributed by atoms with Crippen LogP contribution in [0, 0.1) is 24.0 Å². The topological polar surface area (TPSA) is 66.3 Å². The van der Waals surface area contributed by atoms with E-state index in [2.05, 4.69) is 14.9 Å². The number of ether oxygens (including phenoxy) is 1. The number of aromatic nitrogens is 4. The molecule has 11 heteroatoms. The fourth-order valence-electron chi connectivity index (χ4n) is 2.85. The van der Waals surface area contributed by atoms with Gasteiger partial charge in [0.05, 0.1) is 12.2 Å². The Bertz CT molecular complexity index is 1410. The van der Waals surface area contributed by atoms with E-state index in [1.54, 1.807) is 0 Å². The van der Waals surface area contributed by atoms with Crippen molar-refractivity contribution in [2.45, 2.75) is 6.54 Å². The maximum absolute atomic E-state index is 14.6. The summed E-state index contributed by atoms with van der Waals surface area (Å²) in [5.41, 5.74) is -0.952. The van der Waals surface area contributed by atoms with Gasteiger partial charge in [-0.25, -0.2) is 18.0 Å². The van der Waals surface area contributed by atoms with Gasteiger partial charge in [-0.3, -0.25) is 4.57 Å². The molecular weight excluding hydrogens is 447 g/mol. The molecule has 160 valence electrons. The van der Waals surface area contributed by atoms with E-state index in [1.807, 2.05) is 0 Å². The van der Waals surface area contributed by atoms with Crippen LogP contribution in [0.25, 0.3) is 10.5 Å². The van der Waals surface area contributed by atoms with Crippen molar-refractivity contribution in [3.63, 3.8) is 0 Å². The van der Waals surface area contributed by atoms with Crippen LogP contribution in [0.5, 0.6) is 11.5 Å². The molecule has 0 aliphatic rings. The highest BCUT2D eigenvalue weighted by Crippen LogP contribution is 2.33. The SMILES string of the molecule is [C-]#[N+]c1cc(Oc2ccc(-n3ncn(Cc4c(F)cccc4F)c3=O)cc2F)c(Cl)cn1. The largest absolute Gasteiger partial charge is 0.454 e. The molecule has 0 unspecified atom stereocenters. The number of hydrogen-bond donors (Lipinski definition) is 0. The van der Waals surface area contributed by atoms with Crippen molar-refractivity contribution in [3.8, 4) is 17.2 Å². The van der Waals surface area contributed by atoms with E-state index in [-0.39, 0.29) is 40.1 Å². The van der Waals surface area contributed by atoms with Crippen molar-refractivity contribution in [3.05, 3.63) is 105 Å². The van der Waals surface area contributed by atoms with E-state index < -0.39 is 23.1 Å². The Balaban J connectivity index is 1.62. The molecule has 32 heavy (non-hydrogen) atoms. The normalized spacial score (nSPS) is 10.7. The van der Waals surface area contributed by atoms with Crippen LogP contribution >= 0.6 is 11.6 Å². The Kier molecular flexibility index (Phi) is 5.66. The smallest absolute Gasteiger partial charge is 0.350 e. The molecule has 0 bridgehead atoms. The molecule has 7 nitrogen and oxygen atoms in total. The highest BCUT2D eigenvalue weighted by atomic mass is 35.5.